The normalized spacial score (nSPS) is 24.0. The van der Waals surface area contributed by atoms with Crippen molar-refractivity contribution in [1.82, 2.24) is 15.1 Å². The molecule has 2 aromatic rings. The molecule has 0 saturated heterocycles. The maximum atomic E-state index is 15.0. The van der Waals surface area contributed by atoms with Gasteiger partial charge in [-0.05, 0) is 36.1 Å². The van der Waals surface area contributed by atoms with E-state index in [0.29, 0.717) is 5.69 Å². The van der Waals surface area contributed by atoms with Gasteiger partial charge in [0.1, 0.15) is 11.5 Å². The van der Waals surface area contributed by atoms with Gasteiger partial charge in [-0.2, -0.15) is 18.3 Å². The molecule has 0 spiro atoms. The van der Waals surface area contributed by atoms with Crippen molar-refractivity contribution in [3.63, 3.8) is 0 Å². The monoisotopic (exact) mass is 503 g/mol. The van der Waals surface area contributed by atoms with Gasteiger partial charge in [0.05, 0.1) is 24.0 Å². The molecule has 0 saturated carbocycles. The van der Waals surface area contributed by atoms with Gasteiger partial charge in [0.2, 0.25) is 5.91 Å². The van der Waals surface area contributed by atoms with Crippen LogP contribution in [0.15, 0.2) is 89.9 Å². The van der Waals surface area contributed by atoms with Crippen LogP contribution in [0, 0.1) is 17.8 Å². The molecule has 1 aromatic heterocycles. The fourth-order valence-electron chi connectivity index (χ4n) is 4.45. The predicted molar refractivity (Wildman–Crippen MR) is 122 cm³/mol. The molecule has 36 heavy (non-hydrogen) atoms. The molecule has 1 heterocycles. The molecule has 5 nitrogen and oxygen atoms in total. The van der Waals surface area contributed by atoms with Crippen LogP contribution in [0.25, 0.3) is 5.69 Å². The van der Waals surface area contributed by atoms with Gasteiger partial charge in [-0.1, -0.05) is 49.4 Å². The molecule has 4 unspecified atom stereocenters. The van der Waals surface area contributed by atoms with Gasteiger partial charge in [0.25, 0.3) is 0 Å². The molecule has 1 aromatic carbocycles. The van der Waals surface area contributed by atoms with Crippen LogP contribution in [0.3, 0.4) is 0 Å². The Morgan fingerprint density at radius 1 is 1.11 bits per heavy atom. The Bertz CT molecular complexity index is 1270. The number of ketones is 1. The Morgan fingerprint density at radius 3 is 2.50 bits per heavy atom. The van der Waals surface area contributed by atoms with E-state index in [1.165, 1.54) is 23.9 Å². The first kappa shape index (κ1) is 25.3. The van der Waals surface area contributed by atoms with E-state index in [4.69, 9.17) is 0 Å². The minimum Gasteiger partial charge on any atom is -0.345 e. The third-order valence-electron chi connectivity index (χ3n) is 6.25. The van der Waals surface area contributed by atoms with Crippen molar-refractivity contribution in [3.05, 3.63) is 95.6 Å². The van der Waals surface area contributed by atoms with Crippen LogP contribution in [-0.2, 0) is 4.79 Å². The lowest BCUT2D eigenvalue weighted by atomic mass is 9.71. The molecule has 4 rings (SSSR count). The summed E-state index contributed by atoms with van der Waals surface area (Å²) in [7, 11) is 0. The topological polar surface area (TPSA) is 64.0 Å². The molecular weight excluding hydrogens is 481 g/mol. The van der Waals surface area contributed by atoms with E-state index in [9.17, 15) is 31.5 Å². The van der Waals surface area contributed by atoms with Crippen LogP contribution < -0.4 is 5.32 Å². The van der Waals surface area contributed by atoms with Crippen molar-refractivity contribution in [2.24, 2.45) is 17.8 Å². The molecular formula is C26H22F5N3O2. The number of nitrogens with zero attached hydrogens (tertiary/aromatic N) is 2. The first-order valence-corrected chi connectivity index (χ1v) is 11.2. The van der Waals surface area contributed by atoms with E-state index in [2.05, 4.69) is 10.4 Å². The zero-order valence-corrected chi connectivity index (χ0v) is 19.0. The largest absolute Gasteiger partial charge is 0.416 e. The van der Waals surface area contributed by atoms with E-state index >= 15 is 0 Å². The summed E-state index contributed by atoms with van der Waals surface area (Å²) in [6.07, 6.45) is -0.523. The third-order valence-corrected chi connectivity index (χ3v) is 6.25. The van der Waals surface area contributed by atoms with Crippen molar-refractivity contribution in [1.29, 1.82) is 0 Å². The van der Waals surface area contributed by atoms with Gasteiger partial charge < -0.3 is 5.32 Å². The first-order valence-electron chi connectivity index (χ1n) is 11.2. The highest BCUT2D eigenvalue weighted by Gasteiger charge is 2.43. The Labute approximate surface area is 203 Å². The zero-order chi connectivity index (χ0) is 26.0. The number of halogens is 5. The van der Waals surface area contributed by atoms with Gasteiger partial charge in [-0.15, -0.1) is 0 Å². The van der Waals surface area contributed by atoms with Gasteiger partial charge in [-0.3, -0.25) is 9.59 Å². The van der Waals surface area contributed by atoms with Crippen molar-refractivity contribution >= 4 is 11.7 Å². The molecule has 2 aliphatic rings. The molecule has 2 aliphatic carbocycles. The van der Waals surface area contributed by atoms with Gasteiger partial charge in [-0.25, -0.2) is 13.5 Å². The zero-order valence-electron chi connectivity index (χ0n) is 19.0. The van der Waals surface area contributed by atoms with E-state index in [1.807, 2.05) is 0 Å². The van der Waals surface area contributed by atoms with Crippen LogP contribution >= 0.6 is 0 Å². The highest BCUT2D eigenvalue weighted by molar-refractivity contribution is 6.01. The number of benzene rings is 1. The van der Waals surface area contributed by atoms with Gasteiger partial charge >= 0.3 is 6.18 Å². The summed E-state index contributed by atoms with van der Waals surface area (Å²) in [5.41, 5.74) is -0.196. The SMILES string of the molecule is CC1C=C(C(F)(F)F)C=CC1C1C(C(=O)NCC(=O)c2ccnn2-c2ccccc2)=CC=C(F)C1F. The number of allylic oxidation sites excluding steroid dienone is 7. The van der Waals surface area contributed by atoms with E-state index in [0.717, 1.165) is 30.4 Å². The summed E-state index contributed by atoms with van der Waals surface area (Å²) in [4.78, 5) is 25.8. The lowest BCUT2D eigenvalue weighted by Gasteiger charge is -2.35. The summed E-state index contributed by atoms with van der Waals surface area (Å²) in [5.74, 6) is -5.49. The number of hydrogen-bond acceptors (Lipinski definition) is 3. The first-order chi connectivity index (χ1) is 17.1. The number of Topliss-reactive ketones (excluding diaryl/α,β-unsaturated/α-hetero) is 1. The Kier molecular flexibility index (Phi) is 7.05. The molecule has 1 N–H and O–H groups in total. The molecule has 188 valence electrons. The molecule has 1 amide bonds. The van der Waals surface area contributed by atoms with Crippen molar-refractivity contribution < 1.29 is 31.5 Å². The summed E-state index contributed by atoms with van der Waals surface area (Å²) in [5, 5.41) is 6.56. The number of nitrogens with one attached hydrogen (secondary N) is 1. The van der Waals surface area contributed by atoms with Crippen LogP contribution in [0.1, 0.15) is 17.4 Å². The second kappa shape index (κ2) is 10.0. The molecule has 0 aliphatic heterocycles. The van der Waals surface area contributed by atoms with Crippen LogP contribution in [0.4, 0.5) is 22.0 Å². The van der Waals surface area contributed by atoms with Gasteiger partial charge in [0, 0.05) is 11.5 Å². The predicted octanol–water partition coefficient (Wildman–Crippen LogP) is 5.23. The molecule has 0 bridgehead atoms. The maximum Gasteiger partial charge on any atom is 0.416 e. The highest BCUT2D eigenvalue weighted by Crippen LogP contribution is 2.43. The minimum absolute atomic E-state index is 0.154. The number of aromatic nitrogens is 2. The maximum absolute atomic E-state index is 15.0. The van der Waals surface area contributed by atoms with E-state index in [1.54, 1.807) is 30.3 Å². The van der Waals surface area contributed by atoms with E-state index < -0.39 is 59.7 Å². The minimum atomic E-state index is -4.58. The lowest BCUT2D eigenvalue weighted by molar-refractivity contribution is -0.118. The quantitative estimate of drug-likeness (QED) is 0.434. The summed E-state index contributed by atoms with van der Waals surface area (Å²) in [6.45, 7) is 1.01. The second-order valence-corrected chi connectivity index (χ2v) is 8.59. The van der Waals surface area contributed by atoms with Gasteiger partial charge in [0.15, 0.2) is 12.0 Å². The Balaban J connectivity index is 1.51. The van der Waals surface area contributed by atoms with Crippen LogP contribution in [-0.4, -0.2) is 40.4 Å². The number of hydrogen-bond donors (Lipinski definition) is 1. The number of alkyl halides is 4. The fraction of sp³-hybridized carbons (Fsp3) is 0.269. The molecule has 10 heteroatoms. The summed E-state index contributed by atoms with van der Waals surface area (Å²) in [6, 6.07) is 10.3. The number of carbonyl (C=O) groups is 2. The average molecular weight is 503 g/mol. The number of rotatable bonds is 6. The number of amides is 1. The van der Waals surface area contributed by atoms with E-state index in [-0.39, 0.29) is 11.3 Å². The summed E-state index contributed by atoms with van der Waals surface area (Å²) >= 11 is 0. The third kappa shape index (κ3) is 5.07. The van der Waals surface area contributed by atoms with Crippen molar-refractivity contribution in [2.45, 2.75) is 19.3 Å². The highest BCUT2D eigenvalue weighted by atomic mass is 19.4. The van der Waals surface area contributed by atoms with Crippen LogP contribution in [0.5, 0.6) is 0 Å². The second-order valence-electron chi connectivity index (χ2n) is 8.59. The molecule has 0 radical (unpaired) electrons. The Morgan fingerprint density at radius 2 is 1.83 bits per heavy atom. The smallest absolute Gasteiger partial charge is 0.345 e. The van der Waals surface area contributed by atoms with Crippen molar-refractivity contribution in [3.8, 4) is 5.69 Å². The van der Waals surface area contributed by atoms with Crippen LogP contribution in [0.2, 0.25) is 0 Å². The molecule has 4 atom stereocenters. The average Bonchev–Trinajstić information content (AvgIpc) is 3.34. The number of carbonyl (C=O) groups excluding carboxylic acids is 2. The molecule has 0 fully saturated rings. The summed E-state index contributed by atoms with van der Waals surface area (Å²) < 4.78 is 69.8. The number of para-hydroxylation sites is 1. The Hall–Kier alpha value is -3.82. The fourth-order valence-corrected chi connectivity index (χ4v) is 4.45. The van der Waals surface area contributed by atoms with Crippen molar-refractivity contribution in [2.75, 3.05) is 6.54 Å². The standard InChI is InChI=1S/C26H22F5N3O2/c1-15-13-16(26(29,30)31)7-8-18(15)23-19(9-10-20(27)24(23)28)25(36)32-14-22(35)21-11-12-33-34(21)17-5-3-2-4-6-17/h2-13,15,18,23-24H,14H2,1H3,(H,32,36). The lowest BCUT2D eigenvalue weighted by Crippen LogP contribution is -2.40.